The van der Waals surface area contributed by atoms with Crippen molar-refractivity contribution in [3.05, 3.63) is 24.0 Å². The van der Waals surface area contributed by atoms with Crippen molar-refractivity contribution in [3.8, 4) is 0 Å². The second-order valence-corrected chi connectivity index (χ2v) is 3.63. The van der Waals surface area contributed by atoms with Crippen molar-refractivity contribution in [2.24, 2.45) is 0 Å². The number of allylic oxidation sites excluding steroid dienone is 1. The number of rotatable bonds is 5. The maximum Gasteiger partial charge on any atom is 0.328 e. The second kappa shape index (κ2) is 5.60. The van der Waals surface area contributed by atoms with Gasteiger partial charge in [-0.05, 0) is 19.1 Å². The van der Waals surface area contributed by atoms with Crippen LogP contribution < -0.4 is 0 Å². The largest absolute Gasteiger partial charge is 0.480 e. The summed E-state index contributed by atoms with van der Waals surface area (Å²) in [6, 6.07) is -0.628. The molecule has 1 N–H and O–H groups in total. The van der Waals surface area contributed by atoms with Gasteiger partial charge in [0.25, 0.3) is 0 Å². The Morgan fingerprint density at radius 2 is 2.53 bits per heavy atom. The van der Waals surface area contributed by atoms with E-state index in [-0.39, 0.29) is 0 Å². The number of aliphatic carboxylic acids is 1. The van der Waals surface area contributed by atoms with Gasteiger partial charge in [0.2, 0.25) is 0 Å². The number of hydrogen-bond donors (Lipinski definition) is 2. The third-order valence-electron chi connectivity index (χ3n) is 1.98. The van der Waals surface area contributed by atoms with Crippen LogP contribution in [-0.2, 0) is 4.79 Å². The van der Waals surface area contributed by atoms with Crippen LogP contribution in [0.4, 0.5) is 0 Å². The van der Waals surface area contributed by atoms with E-state index in [4.69, 9.17) is 5.11 Å². The van der Waals surface area contributed by atoms with E-state index in [2.05, 4.69) is 17.7 Å². The molecular formula is C10H14N2O2S. The highest BCUT2D eigenvalue weighted by Gasteiger charge is 2.13. The van der Waals surface area contributed by atoms with Crippen LogP contribution in [0.2, 0.25) is 0 Å². The van der Waals surface area contributed by atoms with Gasteiger partial charge in [-0.25, -0.2) is 4.79 Å². The first-order chi connectivity index (χ1) is 7.15. The minimum atomic E-state index is -0.885. The molecule has 4 nitrogen and oxygen atoms in total. The number of thiol groups is 1. The average Bonchev–Trinajstić information content (AvgIpc) is 2.65. The van der Waals surface area contributed by atoms with Crippen molar-refractivity contribution in [2.45, 2.75) is 19.4 Å². The fourth-order valence-corrected chi connectivity index (χ4v) is 1.21. The lowest BCUT2D eigenvalue weighted by atomic mass is 10.3. The lowest BCUT2D eigenvalue weighted by molar-refractivity contribution is -0.140. The predicted octanol–water partition coefficient (Wildman–Crippen LogP) is 1.86. The smallest absolute Gasteiger partial charge is 0.328 e. The Kier molecular flexibility index (Phi) is 4.42. The SMILES string of the molecule is C[C@@H](C(=O)O)n1cc(C=CCCS)cn1. The van der Waals surface area contributed by atoms with Crippen LogP contribution in [0.15, 0.2) is 18.5 Å². The number of carboxylic acid groups (broad SMARTS) is 1. The quantitative estimate of drug-likeness (QED) is 0.753. The molecule has 1 aromatic heterocycles. The van der Waals surface area contributed by atoms with Crippen LogP contribution >= 0.6 is 12.6 Å². The molecule has 0 saturated carbocycles. The van der Waals surface area contributed by atoms with Crippen LogP contribution in [0.1, 0.15) is 24.9 Å². The molecule has 5 heteroatoms. The van der Waals surface area contributed by atoms with Crippen LogP contribution in [0.5, 0.6) is 0 Å². The first-order valence-electron chi connectivity index (χ1n) is 4.69. The molecule has 1 rings (SSSR count). The fourth-order valence-electron chi connectivity index (χ4n) is 1.06. The van der Waals surface area contributed by atoms with Crippen LogP contribution in [0.3, 0.4) is 0 Å². The third kappa shape index (κ3) is 3.43. The molecule has 1 heterocycles. The molecule has 0 aromatic carbocycles. The molecule has 82 valence electrons. The number of hydrogen-bond acceptors (Lipinski definition) is 3. The predicted molar refractivity (Wildman–Crippen MR) is 62.1 cm³/mol. The Morgan fingerprint density at radius 3 is 3.13 bits per heavy atom. The molecule has 1 atom stereocenters. The molecule has 0 bridgehead atoms. The molecule has 0 aliphatic rings. The third-order valence-corrected chi connectivity index (χ3v) is 2.24. The number of carbonyl (C=O) groups is 1. The molecule has 0 radical (unpaired) electrons. The van der Waals surface area contributed by atoms with Crippen molar-refractivity contribution in [2.75, 3.05) is 5.75 Å². The molecule has 0 spiro atoms. The fraction of sp³-hybridized carbons (Fsp3) is 0.400. The summed E-state index contributed by atoms with van der Waals surface area (Å²) in [5.74, 6) is -0.0834. The van der Waals surface area contributed by atoms with E-state index in [0.29, 0.717) is 0 Å². The van der Waals surface area contributed by atoms with Gasteiger partial charge in [0.15, 0.2) is 0 Å². The van der Waals surface area contributed by atoms with Gasteiger partial charge in [-0.2, -0.15) is 17.7 Å². The maximum absolute atomic E-state index is 10.7. The summed E-state index contributed by atoms with van der Waals surface area (Å²) >= 11 is 4.08. The molecule has 0 amide bonds. The first-order valence-corrected chi connectivity index (χ1v) is 5.32. The van der Waals surface area contributed by atoms with E-state index >= 15 is 0 Å². The summed E-state index contributed by atoms with van der Waals surface area (Å²) in [7, 11) is 0. The topological polar surface area (TPSA) is 55.1 Å². The van der Waals surface area contributed by atoms with Gasteiger partial charge in [-0.15, -0.1) is 0 Å². The molecule has 0 fully saturated rings. The van der Waals surface area contributed by atoms with E-state index in [1.807, 2.05) is 12.2 Å². The van der Waals surface area contributed by atoms with Gasteiger partial charge < -0.3 is 5.11 Å². The summed E-state index contributed by atoms with van der Waals surface area (Å²) in [6.45, 7) is 1.59. The Morgan fingerprint density at radius 1 is 1.80 bits per heavy atom. The molecule has 0 unspecified atom stereocenters. The van der Waals surface area contributed by atoms with Gasteiger partial charge in [-0.3, -0.25) is 4.68 Å². The highest BCUT2D eigenvalue weighted by molar-refractivity contribution is 7.80. The Bertz CT molecular complexity index is 360. The lowest BCUT2D eigenvalue weighted by Gasteiger charge is -2.04. The number of aromatic nitrogens is 2. The van der Waals surface area contributed by atoms with Gasteiger partial charge in [0.1, 0.15) is 6.04 Å². The second-order valence-electron chi connectivity index (χ2n) is 3.18. The average molecular weight is 226 g/mol. The normalized spacial score (nSPS) is 13.2. The van der Waals surface area contributed by atoms with Gasteiger partial charge in [-0.1, -0.05) is 12.2 Å². The van der Waals surface area contributed by atoms with Gasteiger partial charge >= 0.3 is 5.97 Å². The summed E-state index contributed by atoms with van der Waals surface area (Å²) in [5.41, 5.74) is 0.907. The van der Waals surface area contributed by atoms with Crippen molar-refractivity contribution in [3.63, 3.8) is 0 Å². The van der Waals surface area contributed by atoms with Crippen LogP contribution in [0.25, 0.3) is 6.08 Å². The summed E-state index contributed by atoms with van der Waals surface area (Å²) in [4.78, 5) is 10.7. The molecule has 0 aliphatic heterocycles. The molecular weight excluding hydrogens is 212 g/mol. The van der Waals surface area contributed by atoms with Crippen LogP contribution in [0, 0.1) is 0 Å². The van der Waals surface area contributed by atoms with Gasteiger partial charge in [0.05, 0.1) is 6.20 Å². The van der Waals surface area contributed by atoms with E-state index in [0.717, 1.165) is 17.7 Å². The standard InChI is InChI=1S/C10H14N2O2S/c1-8(10(13)14)12-7-9(6-11-12)4-2-3-5-15/h2,4,6-8,15H,3,5H2,1H3,(H,13,14)/t8-/m0/s1. The number of carboxylic acids is 1. The highest BCUT2D eigenvalue weighted by Crippen LogP contribution is 2.08. The van der Waals surface area contributed by atoms with Gasteiger partial charge in [0, 0.05) is 11.8 Å². The molecule has 15 heavy (non-hydrogen) atoms. The molecule has 0 saturated heterocycles. The monoisotopic (exact) mass is 226 g/mol. The maximum atomic E-state index is 10.7. The summed E-state index contributed by atoms with van der Waals surface area (Å²) in [6.07, 6.45) is 8.15. The highest BCUT2D eigenvalue weighted by atomic mass is 32.1. The minimum absolute atomic E-state index is 0.628. The zero-order valence-corrected chi connectivity index (χ0v) is 9.39. The van der Waals surface area contributed by atoms with Crippen LogP contribution in [-0.4, -0.2) is 26.6 Å². The van der Waals surface area contributed by atoms with Crippen molar-refractivity contribution in [1.29, 1.82) is 0 Å². The van der Waals surface area contributed by atoms with E-state index in [9.17, 15) is 4.79 Å². The van der Waals surface area contributed by atoms with E-state index in [1.54, 1.807) is 19.3 Å². The summed E-state index contributed by atoms with van der Waals surface area (Å²) in [5, 5.41) is 12.8. The molecule has 1 aromatic rings. The Labute approximate surface area is 94.0 Å². The van der Waals surface area contributed by atoms with E-state index in [1.165, 1.54) is 4.68 Å². The molecule has 0 aliphatic carbocycles. The minimum Gasteiger partial charge on any atom is -0.480 e. The zero-order chi connectivity index (χ0) is 11.3. The Hall–Kier alpha value is -1.23. The summed E-state index contributed by atoms with van der Waals surface area (Å²) < 4.78 is 1.43. The van der Waals surface area contributed by atoms with Crippen molar-refractivity contribution in [1.82, 2.24) is 9.78 Å². The van der Waals surface area contributed by atoms with E-state index < -0.39 is 12.0 Å². The zero-order valence-electron chi connectivity index (χ0n) is 8.50. The van der Waals surface area contributed by atoms with Crippen molar-refractivity contribution >= 4 is 24.7 Å². The van der Waals surface area contributed by atoms with Crippen molar-refractivity contribution < 1.29 is 9.90 Å². The lowest BCUT2D eigenvalue weighted by Crippen LogP contribution is -2.15. The first kappa shape index (κ1) is 11.8. The Balaban J connectivity index is 2.67. The number of nitrogens with zero attached hydrogens (tertiary/aromatic N) is 2.